The fourth-order valence-electron chi connectivity index (χ4n) is 1.12. The lowest BCUT2D eigenvalue weighted by molar-refractivity contribution is 0.414. The molecule has 4 heteroatoms. The van der Waals surface area contributed by atoms with Crippen LogP contribution in [0.25, 0.3) is 0 Å². The van der Waals surface area contributed by atoms with Crippen molar-refractivity contribution in [3.05, 3.63) is 29.8 Å². The minimum absolute atomic E-state index is 0. The molecule has 0 unspecified atom stereocenters. The minimum Gasteiger partial charge on any atom is -0.497 e. The number of nitrogens with one attached hydrogen (secondary N) is 2. The molecule has 0 aliphatic heterocycles. The number of methoxy groups -OCH3 is 1. The van der Waals surface area contributed by atoms with E-state index < -0.39 is 0 Å². The second-order valence-electron chi connectivity index (χ2n) is 2.77. The minimum atomic E-state index is 0. The van der Waals surface area contributed by atoms with Crippen LogP contribution in [-0.4, -0.2) is 20.7 Å². The van der Waals surface area contributed by atoms with Crippen LogP contribution < -0.4 is 15.6 Å². The zero-order valence-electron chi connectivity index (χ0n) is 8.54. The Kier molecular flexibility index (Phi) is 7.20. The van der Waals surface area contributed by atoms with Crippen molar-refractivity contribution in [1.29, 1.82) is 0 Å². The zero-order chi connectivity index (χ0) is 9.52. The predicted octanol–water partition coefficient (Wildman–Crippen LogP) is 1.38. The van der Waals surface area contributed by atoms with Crippen molar-refractivity contribution in [1.82, 2.24) is 10.9 Å². The summed E-state index contributed by atoms with van der Waals surface area (Å²) in [6, 6.07) is 8.12. The highest BCUT2D eigenvalue weighted by Crippen LogP contribution is 2.11. The Hall–Kier alpha value is -0.770. The summed E-state index contributed by atoms with van der Waals surface area (Å²) in [5.74, 6) is 0.908. The van der Waals surface area contributed by atoms with Gasteiger partial charge in [0.2, 0.25) is 0 Å². The molecule has 1 aromatic rings. The van der Waals surface area contributed by atoms with Crippen molar-refractivity contribution in [2.24, 2.45) is 0 Å². The molecule has 0 spiro atoms. The van der Waals surface area contributed by atoms with E-state index in [0.717, 1.165) is 18.7 Å². The van der Waals surface area contributed by atoms with Crippen LogP contribution in [0, 0.1) is 0 Å². The van der Waals surface area contributed by atoms with Gasteiger partial charge in [-0.05, 0) is 31.2 Å². The van der Waals surface area contributed by atoms with Gasteiger partial charge in [-0.1, -0.05) is 12.1 Å². The van der Waals surface area contributed by atoms with Crippen LogP contribution in [0.5, 0.6) is 5.75 Å². The van der Waals surface area contributed by atoms with Crippen molar-refractivity contribution in [3.8, 4) is 5.75 Å². The first-order valence-electron chi connectivity index (χ1n) is 4.39. The lowest BCUT2D eigenvalue weighted by Crippen LogP contribution is -2.29. The Morgan fingerprint density at radius 2 is 1.86 bits per heavy atom. The summed E-state index contributed by atoms with van der Waals surface area (Å²) in [5.41, 5.74) is 7.24. The molecule has 0 heterocycles. The van der Waals surface area contributed by atoms with E-state index in [1.165, 1.54) is 5.56 Å². The largest absolute Gasteiger partial charge is 0.497 e. The van der Waals surface area contributed by atoms with Gasteiger partial charge in [0.05, 0.1) is 7.11 Å². The molecule has 0 atom stereocenters. The van der Waals surface area contributed by atoms with E-state index in [1.54, 1.807) is 7.11 Å². The van der Waals surface area contributed by atoms with E-state index in [1.807, 2.05) is 19.2 Å². The molecule has 1 aromatic carbocycles. The number of rotatable bonds is 5. The lowest BCUT2D eigenvalue weighted by atomic mass is 10.1. The van der Waals surface area contributed by atoms with Gasteiger partial charge in [-0.25, -0.2) is 0 Å². The first-order chi connectivity index (χ1) is 6.36. The third-order valence-corrected chi connectivity index (χ3v) is 1.87. The van der Waals surface area contributed by atoms with E-state index in [9.17, 15) is 0 Å². The third-order valence-electron chi connectivity index (χ3n) is 1.87. The standard InChI is InChI=1S/C10H16N2O.ClH/c1-11-12-8-7-9-3-5-10(13-2)6-4-9;/h3-6,11-12H,7-8H2,1-2H3;1H. The Morgan fingerprint density at radius 1 is 1.21 bits per heavy atom. The van der Waals surface area contributed by atoms with Crippen molar-refractivity contribution in [3.63, 3.8) is 0 Å². The molecule has 0 radical (unpaired) electrons. The molecule has 2 N–H and O–H groups in total. The van der Waals surface area contributed by atoms with Gasteiger partial charge in [0, 0.05) is 6.54 Å². The molecule has 1 rings (SSSR count). The Balaban J connectivity index is 0.00000169. The third kappa shape index (κ3) is 4.46. The van der Waals surface area contributed by atoms with Gasteiger partial charge in [0.1, 0.15) is 5.75 Å². The van der Waals surface area contributed by atoms with E-state index in [2.05, 4.69) is 23.0 Å². The normalized spacial score (nSPS) is 9.29. The van der Waals surface area contributed by atoms with Crippen molar-refractivity contribution in [2.75, 3.05) is 20.7 Å². The summed E-state index contributed by atoms with van der Waals surface area (Å²) in [4.78, 5) is 0. The van der Waals surface area contributed by atoms with E-state index >= 15 is 0 Å². The Labute approximate surface area is 91.2 Å². The molecule has 3 nitrogen and oxygen atoms in total. The van der Waals surface area contributed by atoms with Crippen molar-refractivity contribution in [2.45, 2.75) is 6.42 Å². The topological polar surface area (TPSA) is 33.3 Å². The number of hydrazine groups is 1. The molecule has 14 heavy (non-hydrogen) atoms. The lowest BCUT2D eigenvalue weighted by Gasteiger charge is -2.04. The first kappa shape index (κ1) is 13.2. The second-order valence-corrected chi connectivity index (χ2v) is 2.77. The van der Waals surface area contributed by atoms with E-state index in [4.69, 9.17) is 4.74 Å². The fourth-order valence-corrected chi connectivity index (χ4v) is 1.12. The van der Waals surface area contributed by atoms with Crippen LogP contribution in [0.2, 0.25) is 0 Å². The summed E-state index contributed by atoms with van der Waals surface area (Å²) in [7, 11) is 3.55. The van der Waals surface area contributed by atoms with Gasteiger partial charge < -0.3 is 4.74 Å². The van der Waals surface area contributed by atoms with E-state index in [0.29, 0.717) is 0 Å². The fraction of sp³-hybridized carbons (Fsp3) is 0.400. The van der Waals surface area contributed by atoms with Gasteiger partial charge in [-0.15, -0.1) is 12.4 Å². The zero-order valence-corrected chi connectivity index (χ0v) is 9.36. The van der Waals surface area contributed by atoms with Crippen LogP contribution in [0.4, 0.5) is 0 Å². The second kappa shape index (κ2) is 7.62. The van der Waals surface area contributed by atoms with Gasteiger partial charge in [-0.2, -0.15) is 0 Å². The SMILES string of the molecule is CNNCCc1ccc(OC)cc1.Cl. The summed E-state index contributed by atoms with van der Waals surface area (Å²) in [5, 5.41) is 0. The average Bonchev–Trinajstić information content (AvgIpc) is 2.19. The molecular weight excluding hydrogens is 200 g/mol. The molecule has 0 fully saturated rings. The maximum atomic E-state index is 5.07. The molecule has 0 aliphatic rings. The smallest absolute Gasteiger partial charge is 0.118 e. The molecule has 0 amide bonds. The van der Waals surface area contributed by atoms with Crippen LogP contribution >= 0.6 is 12.4 Å². The highest BCUT2D eigenvalue weighted by molar-refractivity contribution is 5.85. The average molecular weight is 217 g/mol. The molecule has 0 bridgehead atoms. The van der Waals surface area contributed by atoms with Gasteiger partial charge in [0.15, 0.2) is 0 Å². The molecule has 80 valence electrons. The number of halogens is 1. The highest BCUT2D eigenvalue weighted by Gasteiger charge is 1.93. The monoisotopic (exact) mass is 216 g/mol. The number of benzene rings is 1. The summed E-state index contributed by atoms with van der Waals surface area (Å²) < 4.78 is 5.07. The molecule has 0 saturated carbocycles. The first-order valence-corrected chi connectivity index (χ1v) is 4.39. The number of hydrogen-bond acceptors (Lipinski definition) is 3. The van der Waals surface area contributed by atoms with Crippen LogP contribution in [0.3, 0.4) is 0 Å². The van der Waals surface area contributed by atoms with Crippen LogP contribution in [-0.2, 0) is 6.42 Å². The molecule has 0 aliphatic carbocycles. The summed E-state index contributed by atoms with van der Waals surface area (Å²) in [6.45, 7) is 0.933. The van der Waals surface area contributed by atoms with Gasteiger partial charge >= 0.3 is 0 Å². The predicted molar refractivity (Wildman–Crippen MR) is 61.0 cm³/mol. The highest BCUT2D eigenvalue weighted by atomic mass is 35.5. The molecule has 0 saturated heterocycles. The molecule has 0 aromatic heterocycles. The summed E-state index contributed by atoms with van der Waals surface area (Å²) in [6.07, 6.45) is 1.02. The van der Waals surface area contributed by atoms with E-state index in [-0.39, 0.29) is 12.4 Å². The Morgan fingerprint density at radius 3 is 2.36 bits per heavy atom. The van der Waals surface area contributed by atoms with Crippen LogP contribution in [0.1, 0.15) is 5.56 Å². The number of hydrogen-bond donors (Lipinski definition) is 2. The summed E-state index contributed by atoms with van der Waals surface area (Å²) >= 11 is 0. The maximum Gasteiger partial charge on any atom is 0.118 e. The number of ether oxygens (including phenoxy) is 1. The van der Waals surface area contributed by atoms with Crippen molar-refractivity contribution < 1.29 is 4.74 Å². The quantitative estimate of drug-likeness (QED) is 0.577. The van der Waals surface area contributed by atoms with Gasteiger partial charge in [-0.3, -0.25) is 10.9 Å². The molecular formula is C10H17ClN2O. The van der Waals surface area contributed by atoms with Gasteiger partial charge in [0.25, 0.3) is 0 Å². The van der Waals surface area contributed by atoms with Crippen LogP contribution in [0.15, 0.2) is 24.3 Å². The maximum absolute atomic E-state index is 5.07. The van der Waals surface area contributed by atoms with Crippen molar-refractivity contribution >= 4 is 12.4 Å². The Bertz CT molecular complexity index is 238.